The Labute approximate surface area is 241 Å². The van der Waals surface area contributed by atoms with E-state index in [4.69, 9.17) is 5.73 Å². The maximum Gasteiger partial charge on any atom is 0.248 e. The van der Waals surface area contributed by atoms with Crippen LogP contribution in [-0.4, -0.2) is 30.3 Å². The number of fused-ring (bicyclic) bond motifs is 3. The number of amides is 2. The molecule has 40 heavy (non-hydrogen) atoms. The van der Waals surface area contributed by atoms with Crippen LogP contribution in [0.2, 0.25) is 0 Å². The van der Waals surface area contributed by atoms with Gasteiger partial charge >= 0.3 is 0 Å². The van der Waals surface area contributed by atoms with E-state index < -0.39 is 0 Å². The summed E-state index contributed by atoms with van der Waals surface area (Å²) in [5, 5.41) is 3.44. The highest BCUT2D eigenvalue weighted by atomic mass is 16.1. The highest BCUT2D eigenvalue weighted by Crippen LogP contribution is 2.42. The first kappa shape index (κ1) is 32.4. The van der Waals surface area contributed by atoms with E-state index in [1.165, 1.54) is 55.3 Å². The highest BCUT2D eigenvalue weighted by Gasteiger charge is 2.38. The van der Waals surface area contributed by atoms with Gasteiger partial charge in [0.2, 0.25) is 12.3 Å². The molecule has 5 nitrogen and oxygen atoms in total. The third kappa shape index (κ3) is 11.5. The van der Waals surface area contributed by atoms with Gasteiger partial charge in [-0.25, -0.2) is 0 Å². The fourth-order valence-corrected chi connectivity index (χ4v) is 5.00. The first-order chi connectivity index (χ1) is 19.5. The Balaban J connectivity index is 0.000000193. The Bertz CT molecular complexity index is 1100. The molecule has 3 aromatic carbocycles. The number of benzene rings is 3. The zero-order chi connectivity index (χ0) is 29.0. The second kappa shape index (κ2) is 19.2. The van der Waals surface area contributed by atoms with Crippen LogP contribution < -0.4 is 11.1 Å². The van der Waals surface area contributed by atoms with Crippen molar-refractivity contribution in [3.8, 4) is 0 Å². The maximum atomic E-state index is 11.0. The minimum absolute atomic E-state index is 0.306. The number of nitrogens with zero attached hydrogens (tertiary/aromatic N) is 1. The van der Waals surface area contributed by atoms with Gasteiger partial charge in [-0.1, -0.05) is 117 Å². The van der Waals surface area contributed by atoms with Gasteiger partial charge in [0.25, 0.3) is 0 Å². The van der Waals surface area contributed by atoms with E-state index in [9.17, 15) is 9.59 Å². The number of likely N-dealkylation sites (tertiary alicyclic amines) is 1. The number of anilines is 1. The van der Waals surface area contributed by atoms with Crippen molar-refractivity contribution in [2.75, 3.05) is 18.4 Å². The van der Waals surface area contributed by atoms with Gasteiger partial charge in [-0.15, -0.1) is 6.58 Å². The summed E-state index contributed by atoms with van der Waals surface area (Å²) in [7, 11) is 0. The Hall–Kier alpha value is -3.86. The lowest BCUT2D eigenvalue weighted by atomic mass is 9.89. The summed E-state index contributed by atoms with van der Waals surface area (Å²) in [6.45, 7) is 9.22. The number of para-hydroxylation sites is 1. The molecule has 0 aromatic heterocycles. The summed E-state index contributed by atoms with van der Waals surface area (Å²) in [6.07, 6.45) is 12.9. The summed E-state index contributed by atoms with van der Waals surface area (Å²) in [5.74, 6) is 0.209. The molecule has 214 valence electrons. The van der Waals surface area contributed by atoms with Gasteiger partial charge in [0.1, 0.15) is 0 Å². The second-order valence-electron chi connectivity index (χ2n) is 10.2. The summed E-state index contributed by atoms with van der Waals surface area (Å²) < 4.78 is 0. The summed E-state index contributed by atoms with van der Waals surface area (Å²) in [4.78, 5) is 23.3. The van der Waals surface area contributed by atoms with Crippen molar-refractivity contribution in [3.63, 3.8) is 0 Å². The molecule has 1 aliphatic carbocycles. The molecular formula is C35H47N3O2. The van der Waals surface area contributed by atoms with Gasteiger partial charge in [-0.3, -0.25) is 9.59 Å². The first-order valence-corrected chi connectivity index (χ1v) is 14.5. The lowest BCUT2D eigenvalue weighted by molar-refractivity contribution is -0.119. The van der Waals surface area contributed by atoms with E-state index in [2.05, 4.69) is 43.1 Å². The Morgan fingerprint density at radius 2 is 1.38 bits per heavy atom. The monoisotopic (exact) mass is 541 g/mol. The fourth-order valence-electron chi connectivity index (χ4n) is 5.00. The molecule has 2 aliphatic heterocycles. The molecule has 1 unspecified atom stereocenters. The van der Waals surface area contributed by atoms with Crippen LogP contribution in [0.3, 0.4) is 0 Å². The Morgan fingerprint density at radius 1 is 0.875 bits per heavy atom. The molecular weight excluding hydrogens is 494 g/mol. The van der Waals surface area contributed by atoms with Crippen molar-refractivity contribution in [3.05, 3.63) is 114 Å². The summed E-state index contributed by atoms with van der Waals surface area (Å²) >= 11 is 0. The summed E-state index contributed by atoms with van der Waals surface area (Å²) in [6, 6.07) is 27.6. The number of nitrogens with one attached hydrogen (secondary N) is 1. The third-order valence-electron chi connectivity index (χ3n) is 7.03. The lowest BCUT2D eigenvalue weighted by Gasteiger charge is -2.32. The van der Waals surface area contributed by atoms with Crippen LogP contribution in [-0.2, 0) is 4.79 Å². The third-order valence-corrected chi connectivity index (χ3v) is 7.03. The minimum atomic E-state index is -0.379. The molecule has 0 bridgehead atoms. The number of carbonyl (C=O) groups excluding carboxylic acids is 2. The van der Waals surface area contributed by atoms with Gasteiger partial charge in [0.15, 0.2) is 0 Å². The average Bonchev–Trinajstić information content (AvgIpc) is 3.44. The first-order valence-electron chi connectivity index (χ1n) is 14.5. The van der Waals surface area contributed by atoms with Crippen molar-refractivity contribution >= 4 is 18.0 Å². The number of aryl methyl sites for hydroxylation is 1. The zero-order valence-electron chi connectivity index (χ0n) is 24.3. The van der Waals surface area contributed by atoms with Crippen molar-refractivity contribution in [1.29, 1.82) is 0 Å². The van der Waals surface area contributed by atoms with E-state index in [1.54, 1.807) is 30.3 Å². The molecule has 5 heteroatoms. The molecule has 1 saturated carbocycles. The Kier molecular flexibility index (Phi) is 15.6. The van der Waals surface area contributed by atoms with Crippen LogP contribution in [0, 0.1) is 12.8 Å². The SMILES string of the molecule is C1CCCCC1.C=CC.Cc1ccccc1.NC(=O)c1ccccc1.O=CN1CC[C@@H]2CNc3ccccc3C21. The van der Waals surface area contributed by atoms with Crippen LogP contribution >= 0.6 is 0 Å². The van der Waals surface area contributed by atoms with Crippen molar-refractivity contribution in [2.24, 2.45) is 11.7 Å². The van der Waals surface area contributed by atoms with E-state index in [0.29, 0.717) is 17.5 Å². The van der Waals surface area contributed by atoms with E-state index in [1.807, 2.05) is 48.2 Å². The predicted octanol–water partition coefficient (Wildman–Crippen LogP) is 7.94. The molecule has 2 atom stereocenters. The van der Waals surface area contributed by atoms with Crippen molar-refractivity contribution < 1.29 is 9.59 Å². The number of carbonyl (C=O) groups is 2. The Morgan fingerprint density at radius 3 is 1.82 bits per heavy atom. The standard InChI is InChI=1S/C12H14N2O.C7H7NO.C7H8.C6H12.C3H6/c15-8-14-6-5-9-7-13-11-4-2-1-3-10(11)12(9)14;8-7(9)6-4-2-1-3-5-6;1-7-5-3-2-4-6-7;1-2-4-6-5-3-1;1-3-2/h1-4,8-9,12-13H,5-7H2;1-5H,(H2,8,9);2-6H,1H3;1-6H2;3H,1H2,2H3/t9-,12?;;;;/m1..../s1. The van der Waals surface area contributed by atoms with Gasteiger partial charge in [-0.05, 0) is 44.0 Å². The van der Waals surface area contributed by atoms with Gasteiger partial charge in [0.05, 0.1) is 6.04 Å². The molecule has 3 aromatic rings. The van der Waals surface area contributed by atoms with E-state index >= 15 is 0 Å². The molecule has 3 N–H and O–H groups in total. The quantitative estimate of drug-likeness (QED) is 0.255. The predicted molar refractivity (Wildman–Crippen MR) is 168 cm³/mol. The molecule has 2 amide bonds. The topological polar surface area (TPSA) is 75.4 Å². The molecule has 2 fully saturated rings. The van der Waals surface area contributed by atoms with Crippen LogP contribution in [0.5, 0.6) is 0 Å². The lowest BCUT2D eigenvalue weighted by Crippen LogP contribution is -2.31. The highest BCUT2D eigenvalue weighted by molar-refractivity contribution is 5.92. The maximum absolute atomic E-state index is 11.0. The molecule has 1 saturated heterocycles. The second-order valence-corrected chi connectivity index (χ2v) is 10.2. The average molecular weight is 542 g/mol. The van der Waals surface area contributed by atoms with Crippen LogP contribution in [0.15, 0.2) is 97.6 Å². The van der Waals surface area contributed by atoms with Gasteiger partial charge < -0.3 is 16.0 Å². The van der Waals surface area contributed by atoms with E-state index in [0.717, 1.165) is 25.9 Å². The van der Waals surface area contributed by atoms with E-state index in [-0.39, 0.29) is 5.91 Å². The van der Waals surface area contributed by atoms with Crippen molar-refractivity contribution in [1.82, 2.24) is 4.90 Å². The summed E-state index contributed by atoms with van der Waals surface area (Å²) in [5.41, 5.74) is 9.31. The molecule has 3 aliphatic rings. The number of allylic oxidation sites excluding steroid dienone is 1. The minimum Gasteiger partial charge on any atom is -0.384 e. The number of nitrogens with two attached hydrogens (primary N) is 1. The molecule has 2 heterocycles. The molecule has 0 radical (unpaired) electrons. The smallest absolute Gasteiger partial charge is 0.248 e. The van der Waals surface area contributed by atoms with Crippen LogP contribution in [0.1, 0.15) is 79.4 Å². The molecule has 6 rings (SSSR count). The van der Waals surface area contributed by atoms with Crippen molar-refractivity contribution in [2.45, 2.75) is 64.8 Å². The number of primary amides is 1. The fraction of sp³-hybridized carbons (Fsp3) is 0.371. The number of hydrogen-bond acceptors (Lipinski definition) is 3. The van der Waals surface area contributed by atoms with Gasteiger partial charge in [-0.2, -0.15) is 0 Å². The molecule has 0 spiro atoms. The largest absolute Gasteiger partial charge is 0.384 e. The normalized spacial score (nSPS) is 17.9. The van der Waals surface area contributed by atoms with Crippen LogP contribution in [0.25, 0.3) is 0 Å². The number of hydrogen-bond donors (Lipinski definition) is 2. The van der Waals surface area contributed by atoms with Crippen LogP contribution in [0.4, 0.5) is 5.69 Å². The van der Waals surface area contributed by atoms with Gasteiger partial charge in [0, 0.05) is 30.3 Å². The number of rotatable bonds is 2. The zero-order valence-corrected chi connectivity index (χ0v) is 24.3.